The van der Waals surface area contributed by atoms with E-state index < -0.39 is 0 Å². The maximum absolute atomic E-state index is 12.6. The smallest absolute Gasteiger partial charge is 0.259 e. The molecule has 27 heavy (non-hydrogen) atoms. The summed E-state index contributed by atoms with van der Waals surface area (Å²) < 4.78 is 6.09. The second-order valence-electron chi connectivity index (χ2n) is 6.39. The largest absolute Gasteiger partial charge is 0.496 e. The fourth-order valence-corrected chi connectivity index (χ4v) is 3.86. The minimum absolute atomic E-state index is 0.242. The van der Waals surface area contributed by atoms with E-state index in [-0.39, 0.29) is 5.91 Å². The molecule has 1 aliphatic heterocycles. The maximum atomic E-state index is 12.6. The highest BCUT2D eigenvalue weighted by atomic mass is 79.9. The zero-order valence-electron chi connectivity index (χ0n) is 15.5. The first-order chi connectivity index (χ1) is 13.0. The van der Waals surface area contributed by atoms with Crippen LogP contribution in [0.2, 0.25) is 5.02 Å². The molecule has 1 amide bonds. The lowest BCUT2D eigenvalue weighted by molar-refractivity contribution is 0.102. The molecule has 1 fully saturated rings. The highest BCUT2D eigenvalue weighted by Crippen LogP contribution is 2.30. The molecule has 2 aromatic carbocycles. The van der Waals surface area contributed by atoms with Crippen molar-refractivity contribution in [2.45, 2.75) is 6.92 Å². The summed E-state index contributed by atoms with van der Waals surface area (Å²) in [4.78, 5) is 17.4. The van der Waals surface area contributed by atoms with Gasteiger partial charge in [0.1, 0.15) is 5.75 Å². The van der Waals surface area contributed by atoms with E-state index in [1.165, 1.54) is 0 Å². The number of nitrogens with one attached hydrogen (secondary N) is 1. The predicted molar refractivity (Wildman–Crippen MR) is 114 cm³/mol. The number of rotatable bonds is 5. The van der Waals surface area contributed by atoms with Crippen LogP contribution in [0.4, 0.5) is 11.4 Å². The van der Waals surface area contributed by atoms with Gasteiger partial charge in [-0.05, 0) is 42.9 Å². The third-order valence-corrected chi connectivity index (χ3v) is 5.57. The van der Waals surface area contributed by atoms with Crippen molar-refractivity contribution < 1.29 is 9.53 Å². The molecule has 1 N–H and O–H groups in total. The third kappa shape index (κ3) is 4.75. The van der Waals surface area contributed by atoms with Crippen LogP contribution in [0.25, 0.3) is 0 Å². The van der Waals surface area contributed by atoms with Gasteiger partial charge in [-0.1, -0.05) is 34.5 Å². The Labute approximate surface area is 173 Å². The Kier molecular flexibility index (Phi) is 6.63. The molecule has 2 aromatic rings. The number of nitrogens with zero attached hydrogens (tertiary/aromatic N) is 2. The zero-order chi connectivity index (χ0) is 19.4. The van der Waals surface area contributed by atoms with Crippen molar-refractivity contribution in [1.29, 1.82) is 0 Å². The summed E-state index contributed by atoms with van der Waals surface area (Å²) in [5, 5.41) is 3.53. The van der Waals surface area contributed by atoms with E-state index in [1.807, 2.05) is 18.2 Å². The predicted octanol–water partition coefficient (Wildman–Crippen LogP) is 4.51. The molecule has 1 saturated heterocycles. The summed E-state index contributed by atoms with van der Waals surface area (Å²) in [7, 11) is 1.55. The average Bonchev–Trinajstić information content (AvgIpc) is 2.68. The molecule has 5 nitrogen and oxygen atoms in total. The van der Waals surface area contributed by atoms with Gasteiger partial charge in [0.05, 0.1) is 23.4 Å². The van der Waals surface area contributed by atoms with Gasteiger partial charge >= 0.3 is 0 Å². The van der Waals surface area contributed by atoms with E-state index in [4.69, 9.17) is 16.3 Å². The normalized spacial score (nSPS) is 14.9. The standard InChI is InChI=1S/C20H23BrClN3O2/c1-3-24-8-10-25(11-9-24)18-6-5-15(13-17(18)22)23-20(26)16-12-14(21)4-7-19(16)27-2/h4-7,12-13H,3,8-11H2,1-2H3,(H,23,26). The Morgan fingerprint density at radius 3 is 2.56 bits per heavy atom. The van der Waals surface area contributed by atoms with Gasteiger partial charge in [-0.2, -0.15) is 0 Å². The van der Waals surface area contributed by atoms with Crippen molar-refractivity contribution in [3.8, 4) is 5.75 Å². The molecule has 0 atom stereocenters. The zero-order valence-corrected chi connectivity index (χ0v) is 17.8. The van der Waals surface area contributed by atoms with Crippen LogP contribution in [-0.4, -0.2) is 50.6 Å². The quantitative estimate of drug-likeness (QED) is 0.725. The van der Waals surface area contributed by atoms with Crippen molar-refractivity contribution in [3.05, 3.63) is 51.5 Å². The SMILES string of the molecule is CCN1CCN(c2ccc(NC(=O)c3cc(Br)ccc3OC)cc2Cl)CC1. The maximum Gasteiger partial charge on any atom is 0.259 e. The first-order valence-corrected chi connectivity index (χ1v) is 10.1. The third-order valence-electron chi connectivity index (χ3n) is 4.77. The summed E-state index contributed by atoms with van der Waals surface area (Å²) in [6.07, 6.45) is 0. The second kappa shape index (κ2) is 8.95. The first kappa shape index (κ1) is 20.0. The van der Waals surface area contributed by atoms with Crippen LogP contribution < -0.4 is 15.0 Å². The number of benzene rings is 2. The van der Waals surface area contributed by atoms with E-state index in [0.717, 1.165) is 42.9 Å². The van der Waals surface area contributed by atoms with Gasteiger partial charge in [-0.15, -0.1) is 0 Å². The topological polar surface area (TPSA) is 44.8 Å². The lowest BCUT2D eigenvalue weighted by Gasteiger charge is -2.36. The first-order valence-electron chi connectivity index (χ1n) is 8.93. The number of hydrogen-bond acceptors (Lipinski definition) is 4. The number of halogens is 2. The summed E-state index contributed by atoms with van der Waals surface area (Å²) >= 11 is 9.90. The summed E-state index contributed by atoms with van der Waals surface area (Å²) in [6, 6.07) is 11.0. The number of piperazine rings is 1. The fourth-order valence-electron chi connectivity index (χ4n) is 3.20. The van der Waals surface area contributed by atoms with Crippen molar-refractivity contribution in [3.63, 3.8) is 0 Å². The van der Waals surface area contributed by atoms with Gasteiger partial charge in [0.15, 0.2) is 0 Å². The lowest BCUT2D eigenvalue weighted by atomic mass is 10.1. The van der Waals surface area contributed by atoms with E-state index in [0.29, 0.717) is 22.0 Å². The molecular weight excluding hydrogens is 430 g/mol. The number of ether oxygens (including phenoxy) is 1. The molecule has 3 rings (SSSR count). The van der Waals surface area contributed by atoms with E-state index in [9.17, 15) is 4.79 Å². The summed E-state index contributed by atoms with van der Waals surface area (Å²) in [5.74, 6) is 0.278. The van der Waals surface area contributed by atoms with Crippen LogP contribution >= 0.6 is 27.5 Å². The second-order valence-corrected chi connectivity index (χ2v) is 7.71. The average molecular weight is 453 g/mol. The van der Waals surface area contributed by atoms with Gasteiger partial charge in [-0.25, -0.2) is 0 Å². The number of methoxy groups -OCH3 is 1. The molecular formula is C20H23BrClN3O2. The number of amides is 1. The number of anilines is 2. The Balaban J connectivity index is 1.73. The highest BCUT2D eigenvalue weighted by Gasteiger charge is 2.19. The molecule has 0 bridgehead atoms. The van der Waals surface area contributed by atoms with E-state index in [1.54, 1.807) is 25.3 Å². The number of likely N-dealkylation sites (N-methyl/N-ethyl adjacent to an activating group) is 1. The van der Waals surface area contributed by atoms with Gasteiger partial charge in [0.25, 0.3) is 5.91 Å². The van der Waals surface area contributed by atoms with Crippen LogP contribution in [0, 0.1) is 0 Å². The molecule has 0 unspecified atom stereocenters. The van der Waals surface area contributed by atoms with Gasteiger partial charge in [0, 0.05) is 36.3 Å². The Morgan fingerprint density at radius 1 is 1.19 bits per heavy atom. The van der Waals surface area contributed by atoms with E-state index in [2.05, 4.69) is 38.0 Å². The lowest BCUT2D eigenvalue weighted by Crippen LogP contribution is -2.46. The molecule has 7 heteroatoms. The molecule has 1 heterocycles. The Morgan fingerprint density at radius 2 is 1.93 bits per heavy atom. The molecule has 0 radical (unpaired) electrons. The van der Waals surface area contributed by atoms with E-state index >= 15 is 0 Å². The number of hydrogen-bond donors (Lipinski definition) is 1. The van der Waals surface area contributed by atoms with Crippen LogP contribution in [0.15, 0.2) is 40.9 Å². The van der Waals surface area contributed by atoms with Crippen LogP contribution in [0.3, 0.4) is 0 Å². The minimum atomic E-state index is -0.242. The van der Waals surface area contributed by atoms with Crippen LogP contribution in [-0.2, 0) is 0 Å². The van der Waals surface area contributed by atoms with Crippen LogP contribution in [0.1, 0.15) is 17.3 Å². The van der Waals surface area contributed by atoms with Gasteiger partial charge in [0.2, 0.25) is 0 Å². The Bertz CT molecular complexity index is 823. The monoisotopic (exact) mass is 451 g/mol. The molecule has 1 aliphatic rings. The number of carbonyl (C=O) groups excluding carboxylic acids is 1. The Hall–Kier alpha value is -1.76. The van der Waals surface area contributed by atoms with Gasteiger partial charge in [-0.3, -0.25) is 4.79 Å². The minimum Gasteiger partial charge on any atom is -0.496 e. The molecule has 0 spiro atoms. The molecule has 0 aromatic heterocycles. The molecule has 0 saturated carbocycles. The molecule has 144 valence electrons. The van der Waals surface area contributed by atoms with Gasteiger partial charge < -0.3 is 19.9 Å². The number of carbonyl (C=O) groups is 1. The fraction of sp³-hybridized carbons (Fsp3) is 0.350. The van der Waals surface area contributed by atoms with Crippen LogP contribution in [0.5, 0.6) is 5.75 Å². The van der Waals surface area contributed by atoms with Crippen molar-refractivity contribution >= 4 is 44.8 Å². The molecule has 0 aliphatic carbocycles. The van der Waals surface area contributed by atoms with Crippen molar-refractivity contribution in [2.75, 3.05) is 50.1 Å². The van der Waals surface area contributed by atoms with Crippen molar-refractivity contribution in [2.24, 2.45) is 0 Å². The van der Waals surface area contributed by atoms with Crippen molar-refractivity contribution in [1.82, 2.24) is 4.90 Å². The summed E-state index contributed by atoms with van der Waals surface area (Å²) in [5.41, 5.74) is 2.12. The summed E-state index contributed by atoms with van der Waals surface area (Å²) in [6.45, 7) is 7.23. The highest BCUT2D eigenvalue weighted by molar-refractivity contribution is 9.10.